The first-order valence-electron chi connectivity index (χ1n) is 10.3. The summed E-state index contributed by atoms with van der Waals surface area (Å²) < 4.78 is 6.32. The van der Waals surface area contributed by atoms with Gasteiger partial charge in [0, 0.05) is 23.8 Å². The lowest BCUT2D eigenvalue weighted by Crippen LogP contribution is -2.36. The number of fused-ring (bicyclic) bond motifs is 6. The van der Waals surface area contributed by atoms with Crippen molar-refractivity contribution in [1.29, 1.82) is 0 Å². The monoisotopic (exact) mass is 365 g/mol. The van der Waals surface area contributed by atoms with Gasteiger partial charge in [-0.1, -0.05) is 66.7 Å². The van der Waals surface area contributed by atoms with Gasteiger partial charge in [0.15, 0.2) is 0 Å². The van der Waals surface area contributed by atoms with E-state index in [0.717, 1.165) is 13.0 Å². The van der Waals surface area contributed by atoms with E-state index in [-0.39, 0.29) is 12.1 Å². The molecule has 1 N–H and O–H groups in total. The van der Waals surface area contributed by atoms with Gasteiger partial charge in [0.25, 0.3) is 0 Å². The molecule has 28 heavy (non-hydrogen) atoms. The molecule has 0 bridgehead atoms. The number of nitrogens with one attached hydrogen (secondary N) is 1. The molecule has 0 aliphatic carbocycles. The number of para-hydroxylation sites is 1. The zero-order valence-corrected chi connectivity index (χ0v) is 15.8. The second-order valence-electron chi connectivity index (χ2n) is 8.04. The van der Waals surface area contributed by atoms with E-state index in [1.54, 1.807) is 0 Å². The molecule has 2 heteroatoms. The van der Waals surface area contributed by atoms with Gasteiger partial charge in [-0.3, -0.25) is 0 Å². The molecule has 6 rings (SSSR count). The van der Waals surface area contributed by atoms with E-state index in [2.05, 4.69) is 84.2 Å². The smallest absolute Gasteiger partial charge is 0.0895 e. The third-order valence-corrected chi connectivity index (χ3v) is 6.51. The molecule has 2 aliphatic heterocycles. The molecule has 138 valence electrons. The van der Waals surface area contributed by atoms with Crippen molar-refractivity contribution in [2.75, 3.05) is 11.9 Å². The minimum atomic E-state index is 0.182. The van der Waals surface area contributed by atoms with Gasteiger partial charge < -0.3 is 10.1 Å². The molecule has 1 saturated heterocycles. The van der Waals surface area contributed by atoms with Gasteiger partial charge >= 0.3 is 0 Å². The number of hydrogen-bond donors (Lipinski definition) is 1. The topological polar surface area (TPSA) is 21.3 Å². The van der Waals surface area contributed by atoms with Crippen molar-refractivity contribution >= 4 is 27.2 Å². The number of rotatable bonds is 1. The Morgan fingerprint density at radius 2 is 1.50 bits per heavy atom. The summed E-state index contributed by atoms with van der Waals surface area (Å²) in [6, 6.07) is 28.9. The minimum Gasteiger partial charge on any atom is -0.378 e. The number of anilines is 1. The Labute approximate surface area is 165 Å². The Hall–Kier alpha value is -2.84. The highest BCUT2D eigenvalue weighted by Crippen LogP contribution is 2.50. The van der Waals surface area contributed by atoms with E-state index in [4.69, 9.17) is 4.74 Å². The fraction of sp³-hybridized carbons (Fsp3) is 0.231. The number of ether oxygens (including phenoxy) is 1. The molecule has 0 spiro atoms. The van der Waals surface area contributed by atoms with Crippen molar-refractivity contribution in [3.63, 3.8) is 0 Å². The van der Waals surface area contributed by atoms with Crippen LogP contribution in [0, 0.1) is 5.92 Å². The maximum Gasteiger partial charge on any atom is 0.0895 e. The van der Waals surface area contributed by atoms with E-state index >= 15 is 0 Å². The van der Waals surface area contributed by atoms with Gasteiger partial charge in [0.2, 0.25) is 0 Å². The maximum atomic E-state index is 6.32. The molecule has 1 fully saturated rings. The summed E-state index contributed by atoms with van der Waals surface area (Å²) in [5, 5.41) is 9.21. The van der Waals surface area contributed by atoms with Crippen molar-refractivity contribution in [2.45, 2.75) is 25.0 Å². The summed E-state index contributed by atoms with van der Waals surface area (Å²) in [6.45, 7) is 0.862. The van der Waals surface area contributed by atoms with Crippen LogP contribution in [-0.2, 0) is 4.74 Å². The van der Waals surface area contributed by atoms with Gasteiger partial charge in [-0.2, -0.15) is 0 Å². The Balaban J connectivity index is 1.60. The highest BCUT2D eigenvalue weighted by atomic mass is 16.5. The first-order valence-corrected chi connectivity index (χ1v) is 10.3. The molecular weight excluding hydrogens is 342 g/mol. The summed E-state index contributed by atoms with van der Waals surface area (Å²) in [4.78, 5) is 0. The quantitative estimate of drug-likeness (QED) is 0.382. The van der Waals surface area contributed by atoms with Crippen LogP contribution in [-0.4, -0.2) is 6.61 Å². The van der Waals surface area contributed by atoms with Gasteiger partial charge in [-0.25, -0.2) is 0 Å². The molecule has 2 nitrogen and oxygen atoms in total. The molecule has 4 aromatic rings. The molecule has 0 amide bonds. The second kappa shape index (κ2) is 6.35. The second-order valence-corrected chi connectivity index (χ2v) is 8.04. The standard InChI is InChI=1S/C26H23NO/c1-2-9-18-17(8-1)16-23(20-11-4-3-10-19(18)20)25-22-13-7-15-28-26(22)21-12-5-6-14-24(21)27-25/h1-6,8-12,14,16,22,25-27H,7,13,15H2/t22?,25-,26?/m1/s1. The minimum absolute atomic E-state index is 0.182. The van der Waals surface area contributed by atoms with E-state index in [0.29, 0.717) is 5.92 Å². The molecule has 0 radical (unpaired) electrons. The molecule has 2 unspecified atom stereocenters. The predicted molar refractivity (Wildman–Crippen MR) is 116 cm³/mol. The van der Waals surface area contributed by atoms with Crippen LogP contribution in [0.2, 0.25) is 0 Å². The van der Waals surface area contributed by atoms with E-state index in [9.17, 15) is 0 Å². The largest absolute Gasteiger partial charge is 0.378 e. The lowest BCUT2D eigenvalue weighted by Gasteiger charge is -2.43. The van der Waals surface area contributed by atoms with Crippen LogP contribution >= 0.6 is 0 Å². The van der Waals surface area contributed by atoms with Crippen molar-refractivity contribution in [3.8, 4) is 0 Å². The number of hydrogen-bond acceptors (Lipinski definition) is 2. The predicted octanol–water partition coefficient (Wildman–Crippen LogP) is 6.63. The summed E-state index contributed by atoms with van der Waals surface area (Å²) in [5.41, 5.74) is 3.92. The highest BCUT2D eigenvalue weighted by molar-refractivity contribution is 6.09. The van der Waals surface area contributed by atoms with Crippen molar-refractivity contribution in [2.24, 2.45) is 5.92 Å². The van der Waals surface area contributed by atoms with Crippen LogP contribution in [0.25, 0.3) is 21.5 Å². The van der Waals surface area contributed by atoms with Gasteiger partial charge in [-0.05, 0) is 52.1 Å². The first-order chi connectivity index (χ1) is 13.9. The number of benzene rings is 4. The lowest BCUT2D eigenvalue weighted by molar-refractivity contribution is -0.0379. The summed E-state index contributed by atoms with van der Waals surface area (Å²) in [5.74, 6) is 0.452. The zero-order chi connectivity index (χ0) is 18.5. The van der Waals surface area contributed by atoms with Crippen molar-refractivity contribution in [1.82, 2.24) is 0 Å². The third kappa shape index (κ3) is 2.38. The first kappa shape index (κ1) is 16.1. The van der Waals surface area contributed by atoms with Gasteiger partial charge in [0.1, 0.15) is 0 Å². The van der Waals surface area contributed by atoms with Crippen LogP contribution in [0.4, 0.5) is 5.69 Å². The summed E-state index contributed by atoms with van der Waals surface area (Å²) in [6.07, 6.45) is 2.51. The average Bonchev–Trinajstić information content (AvgIpc) is 2.78. The van der Waals surface area contributed by atoms with Crippen LogP contribution < -0.4 is 5.32 Å². The Morgan fingerprint density at radius 1 is 0.750 bits per heavy atom. The Bertz CT molecular complexity index is 1180. The molecule has 2 heterocycles. The van der Waals surface area contributed by atoms with E-state index in [1.807, 2.05) is 0 Å². The molecule has 2 aliphatic rings. The van der Waals surface area contributed by atoms with Gasteiger partial charge in [0.05, 0.1) is 12.1 Å². The van der Waals surface area contributed by atoms with E-state index < -0.39 is 0 Å². The summed E-state index contributed by atoms with van der Waals surface area (Å²) >= 11 is 0. The molecule has 0 aromatic heterocycles. The Kier molecular flexibility index (Phi) is 3.66. The van der Waals surface area contributed by atoms with Crippen LogP contribution in [0.1, 0.15) is 36.1 Å². The molecule has 3 atom stereocenters. The third-order valence-electron chi connectivity index (χ3n) is 6.51. The fourth-order valence-electron chi connectivity index (χ4n) is 5.27. The van der Waals surface area contributed by atoms with Crippen molar-refractivity contribution < 1.29 is 4.74 Å². The molecule has 0 saturated carbocycles. The summed E-state index contributed by atoms with van der Waals surface area (Å²) in [7, 11) is 0. The molecule has 4 aromatic carbocycles. The SMILES string of the molecule is c1ccc2c(c1)N[C@@H](c1cc3ccccc3c3ccccc13)C1CCCOC21. The average molecular weight is 365 g/mol. The maximum absolute atomic E-state index is 6.32. The normalized spacial score (nSPS) is 23.8. The lowest BCUT2D eigenvalue weighted by atomic mass is 9.76. The Morgan fingerprint density at radius 3 is 2.43 bits per heavy atom. The van der Waals surface area contributed by atoms with Crippen molar-refractivity contribution in [3.05, 3.63) is 90.0 Å². The molecular formula is C26H23NO. The zero-order valence-electron chi connectivity index (χ0n) is 15.8. The fourth-order valence-corrected chi connectivity index (χ4v) is 5.27. The van der Waals surface area contributed by atoms with Crippen LogP contribution in [0.5, 0.6) is 0 Å². The van der Waals surface area contributed by atoms with Crippen LogP contribution in [0.3, 0.4) is 0 Å². The highest BCUT2D eigenvalue weighted by Gasteiger charge is 2.40. The van der Waals surface area contributed by atoms with E-state index in [1.165, 1.54) is 44.8 Å². The van der Waals surface area contributed by atoms with Gasteiger partial charge in [-0.15, -0.1) is 0 Å². The van der Waals surface area contributed by atoms with Crippen LogP contribution in [0.15, 0.2) is 78.9 Å².